The molecule has 4 nitrogen and oxygen atoms in total. The largest absolute Gasteiger partial charge is 0.393 e. The van der Waals surface area contributed by atoms with Gasteiger partial charge in [-0.2, -0.15) is 0 Å². The average molecular weight is 231 g/mol. The Labute approximate surface area is 97.2 Å². The minimum atomic E-state index is 0.0657. The molecule has 0 rings (SSSR count). The van der Waals surface area contributed by atoms with Crippen LogP contribution in [0.5, 0.6) is 0 Å². The summed E-state index contributed by atoms with van der Waals surface area (Å²) >= 11 is 4.83. The molecule has 1 amide bonds. The minimum Gasteiger partial charge on any atom is -0.393 e. The Morgan fingerprint density at radius 1 is 1.40 bits per heavy atom. The number of hydrogen-bond donors (Lipinski definition) is 2. The second-order valence-electron chi connectivity index (χ2n) is 3.77. The molecular formula is C10H21N3OS. The van der Waals surface area contributed by atoms with Gasteiger partial charge >= 0.3 is 0 Å². The van der Waals surface area contributed by atoms with E-state index in [4.69, 9.17) is 18.0 Å². The van der Waals surface area contributed by atoms with Gasteiger partial charge in [0.25, 0.3) is 0 Å². The summed E-state index contributed by atoms with van der Waals surface area (Å²) in [5, 5.41) is 2.61. The van der Waals surface area contributed by atoms with Gasteiger partial charge in [0.2, 0.25) is 5.91 Å². The molecule has 0 bridgehead atoms. The van der Waals surface area contributed by atoms with Crippen molar-refractivity contribution in [3.8, 4) is 0 Å². The molecule has 0 fully saturated rings. The highest BCUT2D eigenvalue weighted by Crippen LogP contribution is 2.01. The van der Waals surface area contributed by atoms with Gasteiger partial charge in [-0.25, -0.2) is 0 Å². The Morgan fingerprint density at radius 3 is 2.33 bits per heavy atom. The van der Waals surface area contributed by atoms with Gasteiger partial charge in [-0.05, 0) is 13.8 Å². The number of carbonyl (C=O) groups excluding carboxylic acids is 1. The molecular weight excluding hydrogens is 210 g/mol. The Bertz CT molecular complexity index is 219. The maximum Gasteiger partial charge on any atom is 0.221 e. The molecule has 0 saturated heterocycles. The first kappa shape index (κ1) is 14.3. The van der Waals surface area contributed by atoms with Gasteiger partial charge in [-0.1, -0.05) is 12.2 Å². The first-order valence-corrected chi connectivity index (χ1v) is 5.61. The normalized spacial score (nSPS) is 10.7. The van der Waals surface area contributed by atoms with Crippen LogP contribution in [0.2, 0.25) is 0 Å². The Balaban J connectivity index is 3.93. The zero-order valence-corrected chi connectivity index (χ0v) is 10.6. The van der Waals surface area contributed by atoms with Crippen molar-refractivity contribution in [3.63, 3.8) is 0 Å². The lowest BCUT2D eigenvalue weighted by Gasteiger charge is -2.25. The highest BCUT2D eigenvalue weighted by atomic mass is 32.1. The van der Waals surface area contributed by atoms with E-state index in [1.165, 1.54) is 0 Å². The van der Waals surface area contributed by atoms with Gasteiger partial charge in [0.1, 0.15) is 0 Å². The third-order valence-corrected chi connectivity index (χ3v) is 2.48. The lowest BCUT2D eigenvalue weighted by Crippen LogP contribution is -2.36. The zero-order chi connectivity index (χ0) is 11.8. The lowest BCUT2D eigenvalue weighted by molar-refractivity contribution is -0.121. The average Bonchev–Trinajstić information content (AvgIpc) is 2.16. The fraction of sp³-hybridized carbons (Fsp3) is 0.800. The molecule has 0 aromatic carbocycles. The number of nitrogens with zero attached hydrogens (tertiary/aromatic N) is 1. The standard InChI is InChI=1S/C10H21N3OS/c1-8(2)13(6-4-9(11)15)7-5-10(14)12-3/h8H,4-7H2,1-3H3,(H2,11,15)(H,12,14). The summed E-state index contributed by atoms with van der Waals surface area (Å²) in [4.78, 5) is 13.8. The highest BCUT2D eigenvalue weighted by molar-refractivity contribution is 7.80. The summed E-state index contributed by atoms with van der Waals surface area (Å²) in [6.07, 6.45) is 1.23. The first-order chi connectivity index (χ1) is 6.97. The van der Waals surface area contributed by atoms with Gasteiger partial charge in [0, 0.05) is 39.0 Å². The van der Waals surface area contributed by atoms with E-state index in [2.05, 4.69) is 24.1 Å². The van der Waals surface area contributed by atoms with E-state index >= 15 is 0 Å². The number of nitrogens with one attached hydrogen (secondary N) is 1. The highest BCUT2D eigenvalue weighted by Gasteiger charge is 2.10. The van der Waals surface area contributed by atoms with E-state index < -0.39 is 0 Å². The second kappa shape index (κ2) is 7.59. The van der Waals surface area contributed by atoms with Crippen LogP contribution in [0.25, 0.3) is 0 Å². The molecule has 0 aliphatic rings. The molecule has 0 aromatic rings. The predicted molar refractivity (Wildman–Crippen MR) is 66.8 cm³/mol. The Morgan fingerprint density at radius 2 is 1.93 bits per heavy atom. The molecule has 0 radical (unpaired) electrons. The van der Waals surface area contributed by atoms with Gasteiger partial charge < -0.3 is 16.0 Å². The molecule has 15 heavy (non-hydrogen) atoms. The van der Waals surface area contributed by atoms with Crippen molar-refractivity contribution in [2.75, 3.05) is 20.1 Å². The van der Waals surface area contributed by atoms with Crippen molar-refractivity contribution in [3.05, 3.63) is 0 Å². The smallest absolute Gasteiger partial charge is 0.221 e. The quantitative estimate of drug-likeness (QED) is 0.627. The third kappa shape index (κ3) is 7.27. The van der Waals surface area contributed by atoms with E-state index in [1.807, 2.05) is 0 Å². The number of nitrogens with two attached hydrogens (primary N) is 1. The van der Waals surface area contributed by atoms with E-state index in [0.29, 0.717) is 23.9 Å². The summed E-state index contributed by atoms with van der Waals surface area (Å²) in [6.45, 7) is 5.77. The maximum absolute atomic E-state index is 11.1. The van der Waals surface area contributed by atoms with Crippen molar-refractivity contribution in [2.45, 2.75) is 32.7 Å². The fourth-order valence-electron chi connectivity index (χ4n) is 1.25. The topological polar surface area (TPSA) is 58.4 Å². The fourth-order valence-corrected chi connectivity index (χ4v) is 1.34. The monoisotopic (exact) mass is 231 g/mol. The maximum atomic E-state index is 11.1. The van der Waals surface area contributed by atoms with Gasteiger partial charge in [0.15, 0.2) is 0 Å². The van der Waals surface area contributed by atoms with Crippen molar-refractivity contribution >= 4 is 23.1 Å². The van der Waals surface area contributed by atoms with Crippen LogP contribution >= 0.6 is 12.2 Å². The van der Waals surface area contributed by atoms with E-state index in [1.54, 1.807) is 7.05 Å². The second-order valence-corrected chi connectivity index (χ2v) is 4.29. The molecule has 0 aliphatic carbocycles. The molecule has 0 saturated carbocycles. The van der Waals surface area contributed by atoms with Crippen LogP contribution in [0.15, 0.2) is 0 Å². The SMILES string of the molecule is CNC(=O)CCN(CCC(N)=S)C(C)C. The molecule has 0 aliphatic heterocycles. The van der Waals surface area contributed by atoms with E-state index in [0.717, 1.165) is 13.1 Å². The molecule has 88 valence electrons. The zero-order valence-electron chi connectivity index (χ0n) is 9.75. The van der Waals surface area contributed by atoms with E-state index in [-0.39, 0.29) is 5.91 Å². The molecule has 5 heteroatoms. The number of hydrogen-bond acceptors (Lipinski definition) is 3. The molecule has 0 atom stereocenters. The summed E-state index contributed by atoms with van der Waals surface area (Å²) in [6, 6.07) is 0.406. The van der Waals surface area contributed by atoms with Crippen molar-refractivity contribution in [2.24, 2.45) is 5.73 Å². The van der Waals surface area contributed by atoms with Gasteiger partial charge in [-0.15, -0.1) is 0 Å². The molecule has 0 aromatic heterocycles. The number of amides is 1. The molecule has 0 unspecified atom stereocenters. The van der Waals surface area contributed by atoms with Crippen LogP contribution in [-0.2, 0) is 4.79 Å². The summed E-state index contributed by atoms with van der Waals surface area (Å²) in [5.41, 5.74) is 5.45. The summed E-state index contributed by atoms with van der Waals surface area (Å²) < 4.78 is 0. The van der Waals surface area contributed by atoms with Crippen molar-refractivity contribution < 1.29 is 4.79 Å². The van der Waals surface area contributed by atoms with Crippen LogP contribution in [0.1, 0.15) is 26.7 Å². The third-order valence-electron chi connectivity index (χ3n) is 2.28. The Hall–Kier alpha value is -0.680. The summed E-state index contributed by atoms with van der Waals surface area (Å²) in [7, 11) is 1.65. The van der Waals surface area contributed by atoms with Crippen LogP contribution in [0, 0.1) is 0 Å². The molecule has 3 N–H and O–H groups in total. The van der Waals surface area contributed by atoms with Crippen LogP contribution in [0.4, 0.5) is 0 Å². The van der Waals surface area contributed by atoms with Gasteiger partial charge in [-0.3, -0.25) is 4.79 Å². The predicted octanol–water partition coefficient (Wildman–Crippen LogP) is 0.509. The van der Waals surface area contributed by atoms with Crippen LogP contribution in [0.3, 0.4) is 0 Å². The van der Waals surface area contributed by atoms with Crippen LogP contribution < -0.4 is 11.1 Å². The van der Waals surface area contributed by atoms with Gasteiger partial charge in [0.05, 0.1) is 4.99 Å². The van der Waals surface area contributed by atoms with E-state index in [9.17, 15) is 4.79 Å². The number of rotatable bonds is 7. The Kier molecular flexibility index (Phi) is 7.25. The molecule has 0 spiro atoms. The lowest BCUT2D eigenvalue weighted by atomic mass is 10.2. The van der Waals surface area contributed by atoms with Crippen molar-refractivity contribution in [1.82, 2.24) is 10.2 Å². The summed E-state index contributed by atoms with van der Waals surface area (Å²) in [5.74, 6) is 0.0657. The van der Waals surface area contributed by atoms with Crippen molar-refractivity contribution in [1.29, 1.82) is 0 Å². The molecule has 0 heterocycles. The van der Waals surface area contributed by atoms with Crippen LogP contribution in [-0.4, -0.2) is 42.0 Å². The minimum absolute atomic E-state index is 0.0657. The number of thiocarbonyl (C=S) groups is 1. The first-order valence-electron chi connectivity index (χ1n) is 5.20. The number of carbonyl (C=O) groups is 1.